The minimum absolute atomic E-state index is 0.134. The van der Waals surface area contributed by atoms with Crippen LogP contribution in [0.25, 0.3) is 0 Å². The summed E-state index contributed by atoms with van der Waals surface area (Å²) >= 11 is 0. The standard InChI is InChI=1S/C27H25F3N2O2/c1-18-8-5-6-13-22(18)26(34)32-16-23(20-11-7-12-21(14-20)27(28,29)30)24(17-32)25(33)31-15-19-9-3-2-4-10-19/h2-14,23-24H,15-17H2,1H3,(H,31,33). The predicted molar refractivity (Wildman–Crippen MR) is 123 cm³/mol. The van der Waals surface area contributed by atoms with Gasteiger partial charge in [-0.15, -0.1) is 0 Å². The van der Waals surface area contributed by atoms with Gasteiger partial charge in [-0.2, -0.15) is 13.2 Å². The molecule has 0 aliphatic carbocycles. The topological polar surface area (TPSA) is 49.4 Å². The molecule has 4 nitrogen and oxygen atoms in total. The lowest BCUT2D eigenvalue weighted by molar-refractivity contribution is -0.137. The number of likely N-dealkylation sites (tertiary alicyclic amines) is 1. The fourth-order valence-electron chi connectivity index (χ4n) is 4.42. The van der Waals surface area contributed by atoms with Crippen molar-refractivity contribution in [1.29, 1.82) is 0 Å². The Hall–Kier alpha value is -3.61. The average molecular weight is 467 g/mol. The van der Waals surface area contributed by atoms with E-state index in [1.807, 2.05) is 49.4 Å². The van der Waals surface area contributed by atoms with Crippen LogP contribution in [0.4, 0.5) is 13.2 Å². The van der Waals surface area contributed by atoms with Crippen LogP contribution >= 0.6 is 0 Å². The van der Waals surface area contributed by atoms with Gasteiger partial charge in [-0.3, -0.25) is 9.59 Å². The van der Waals surface area contributed by atoms with Crippen LogP contribution in [-0.4, -0.2) is 29.8 Å². The maximum absolute atomic E-state index is 13.3. The van der Waals surface area contributed by atoms with E-state index in [1.165, 1.54) is 6.07 Å². The zero-order chi connectivity index (χ0) is 24.3. The fraction of sp³-hybridized carbons (Fsp3) is 0.259. The molecule has 0 bridgehead atoms. The molecule has 4 rings (SSSR count). The second-order valence-corrected chi connectivity index (χ2v) is 8.56. The molecule has 1 N–H and O–H groups in total. The van der Waals surface area contributed by atoms with Crippen LogP contribution in [0, 0.1) is 12.8 Å². The summed E-state index contributed by atoms with van der Waals surface area (Å²) in [6, 6.07) is 21.6. The maximum Gasteiger partial charge on any atom is 0.416 e. The number of hydrogen-bond donors (Lipinski definition) is 1. The van der Waals surface area contributed by atoms with E-state index in [0.717, 1.165) is 23.3 Å². The number of nitrogens with one attached hydrogen (secondary N) is 1. The van der Waals surface area contributed by atoms with E-state index >= 15 is 0 Å². The first-order valence-corrected chi connectivity index (χ1v) is 11.1. The van der Waals surface area contributed by atoms with Crippen LogP contribution in [0.2, 0.25) is 0 Å². The SMILES string of the molecule is Cc1ccccc1C(=O)N1CC(C(=O)NCc2ccccc2)C(c2cccc(C(F)(F)F)c2)C1. The second-order valence-electron chi connectivity index (χ2n) is 8.56. The first kappa shape index (κ1) is 23.5. The van der Waals surface area contributed by atoms with Crippen molar-refractivity contribution < 1.29 is 22.8 Å². The van der Waals surface area contributed by atoms with Crippen LogP contribution in [0.1, 0.15) is 38.5 Å². The zero-order valence-electron chi connectivity index (χ0n) is 18.7. The first-order chi connectivity index (χ1) is 16.2. The molecule has 2 atom stereocenters. The van der Waals surface area contributed by atoms with Gasteiger partial charge in [-0.25, -0.2) is 0 Å². The number of benzene rings is 3. The van der Waals surface area contributed by atoms with Gasteiger partial charge in [0, 0.05) is 31.1 Å². The van der Waals surface area contributed by atoms with Crippen molar-refractivity contribution in [1.82, 2.24) is 10.2 Å². The third-order valence-electron chi connectivity index (χ3n) is 6.27. The monoisotopic (exact) mass is 466 g/mol. The second kappa shape index (κ2) is 9.71. The summed E-state index contributed by atoms with van der Waals surface area (Å²) in [4.78, 5) is 28.0. The van der Waals surface area contributed by atoms with Gasteiger partial charge >= 0.3 is 6.18 Å². The van der Waals surface area contributed by atoms with Crippen molar-refractivity contribution in [2.24, 2.45) is 5.92 Å². The Labute approximate surface area is 196 Å². The Morgan fingerprint density at radius 2 is 1.65 bits per heavy atom. The van der Waals surface area contributed by atoms with Crippen molar-refractivity contribution in [2.75, 3.05) is 13.1 Å². The summed E-state index contributed by atoms with van der Waals surface area (Å²) in [5.41, 5.74) is 1.87. The lowest BCUT2D eigenvalue weighted by Crippen LogP contribution is -2.35. The smallest absolute Gasteiger partial charge is 0.352 e. The number of nitrogens with zero attached hydrogens (tertiary/aromatic N) is 1. The van der Waals surface area contributed by atoms with Crippen molar-refractivity contribution in [3.63, 3.8) is 0 Å². The summed E-state index contributed by atoms with van der Waals surface area (Å²) in [6.07, 6.45) is -4.49. The largest absolute Gasteiger partial charge is 0.416 e. The molecule has 1 aliphatic heterocycles. The molecule has 3 aromatic carbocycles. The highest BCUT2D eigenvalue weighted by molar-refractivity contribution is 5.96. The summed E-state index contributed by atoms with van der Waals surface area (Å²) in [5.74, 6) is -1.73. The van der Waals surface area contributed by atoms with Gasteiger partial charge < -0.3 is 10.2 Å². The molecule has 1 heterocycles. The normalized spacial score (nSPS) is 18.1. The number of aryl methyl sites for hydroxylation is 1. The van der Waals surface area contributed by atoms with Gasteiger partial charge in [0.25, 0.3) is 5.91 Å². The van der Waals surface area contributed by atoms with Crippen molar-refractivity contribution >= 4 is 11.8 Å². The molecule has 0 aromatic heterocycles. The van der Waals surface area contributed by atoms with Crippen LogP contribution in [0.15, 0.2) is 78.9 Å². The van der Waals surface area contributed by atoms with Gasteiger partial charge in [0.15, 0.2) is 0 Å². The molecular weight excluding hydrogens is 441 g/mol. The van der Waals surface area contributed by atoms with Gasteiger partial charge in [0.05, 0.1) is 11.5 Å². The minimum atomic E-state index is -4.49. The number of rotatable bonds is 5. The number of amides is 2. The van der Waals surface area contributed by atoms with Crippen LogP contribution in [-0.2, 0) is 17.5 Å². The molecule has 1 aliphatic rings. The van der Waals surface area contributed by atoms with Crippen LogP contribution in [0.3, 0.4) is 0 Å². The van der Waals surface area contributed by atoms with E-state index in [1.54, 1.807) is 23.1 Å². The highest BCUT2D eigenvalue weighted by Crippen LogP contribution is 2.37. The van der Waals surface area contributed by atoms with Gasteiger partial charge in [0.2, 0.25) is 5.91 Å². The van der Waals surface area contributed by atoms with Crippen LogP contribution in [0.5, 0.6) is 0 Å². The fourth-order valence-corrected chi connectivity index (χ4v) is 4.42. The molecule has 3 aromatic rings. The highest BCUT2D eigenvalue weighted by atomic mass is 19.4. The van der Waals surface area contributed by atoms with Crippen molar-refractivity contribution in [2.45, 2.75) is 25.6 Å². The Balaban J connectivity index is 1.61. The molecule has 7 heteroatoms. The van der Waals surface area contributed by atoms with E-state index in [0.29, 0.717) is 17.7 Å². The van der Waals surface area contributed by atoms with E-state index in [-0.39, 0.29) is 24.9 Å². The number of alkyl halides is 3. The molecule has 34 heavy (non-hydrogen) atoms. The molecular formula is C27H25F3N2O2. The van der Waals surface area contributed by atoms with Crippen LogP contribution < -0.4 is 5.32 Å². The third kappa shape index (κ3) is 5.14. The summed E-state index contributed by atoms with van der Waals surface area (Å²) in [6.45, 7) is 2.43. The molecule has 0 spiro atoms. The lowest BCUT2D eigenvalue weighted by atomic mass is 9.87. The Kier molecular flexibility index (Phi) is 6.72. The Morgan fingerprint density at radius 1 is 0.941 bits per heavy atom. The van der Waals surface area contributed by atoms with E-state index in [9.17, 15) is 22.8 Å². The number of carbonyl (C=O) groups is 2. The van der Waals surface area contributed by atoms with Crippen molar-refractivity contribution in [3.05, 3.63) is 107 Å². The molecule has 176 valence electrons. The van der Waals surface area contributed by atoms with E-state index in [4.69, 9.17) is 0 Å². The van der Waals surface area contributed by atoms with Gasteiger partial charge in [-0.05, 0) is 35.7 Å². The predicted octanol–water partition coefficient (Wildman–Crippen LogP) is 5.19. The Morgan fingerprint density at radius 3 is 2.35 bits per heavy atom. The molecule has 1 fully saturated rings. The summed E-state index contributed by atoms with van der Waals surface area (Å²) < 4.78 is 40.0. The van der Waals surface area contributed by atoms with E-state index in [2.05, 4.69) is 5.32 Å². The number of carbonyl (C=O) groups excluding carboxylic acids is 2. The quantitative estimate of drug-likeness (QED) is 0.563. The highest BCUT2D eigenvalue weighted by Gasteiger charge is 2.41. The molecule has 2 unspecified atom stereocenters. The molecule has 0 radical (unpaired) electrons. The number of hydrogen-bond acceptors (Lipinski definition) is 2. The Bertz CT molecular complexity index is 1180. The maximum atomic E-state index is 13.3. The third-order valence-corrected chi connectivity index (χ3v) is 6.27. The summed E-state index contributed by atoms with van der Waals surface area (Å²) in [5, 5.41) is 2.90. The first-order valence-electron chi connectivity index (χ1n) is 11.1. The van der Waals surface area contributed by atoms with E-state index < -0.39 is 23.6 Å². The molecule has 1 saturated heterocycles. The minimum Gasteiger partial charge on any atom is -0.352 e. The zero-order valence-corrected chi connectivity index (χ0v) is 18.7. The number of halogens is 3. The van der Waals surface area contributed by atoms with Gasteiger partial charge in [-0.1, -0.05) is 66.7 Å². The molecule has 2 amide bonds. The lowest BCUT2D eigenvalue weighted by Gasteiger charge is -2.19. The van der Waals surface area contributed by atoms with Crippen molar-refractivity contribution in [3.8, 4) is 0 Å². The average Bonchev–Trinajstić information content (AvgIpc) is 3.28. The summed E-state index contributed by atoms with van der Waals surface area (Å²) in [7, 11) is 0. The van der Waals surface area contributed by atoms with Gasteiger partial charge in [0.1, 0.15) is 0 Å². The molecule has 0 saturated carbocycles.